The topological polar surface area (TPSA) is 88.0 Å². The Morgan fingerprint density at radius 2 is 1.60 bits per heavy atom. The van der Waals surface area contributed by atoms with Crippen LogP contribution in [0.3, 0.4) is 0 Å². The van der Waals surface area contributed by atoms with E-state index in [0.29, 0.717) is 28.1 Å². The number of aromatic nitrogens is 4. The normalized spacial score (nSPS) is 12.2. The van der Waals surface area contributed by atoms with E-state index in [1.54, 1.807) is 0 Å². The van der Waals surface area contributed by atoms with Crippen molar-refractivity contribution in [2.45, 2.75) is 18.9 Å². The van der Waals surface area contributed by atoms with Crippen molar-refractivity contribution < 1.29 is 31.1 Å². The maximum Gasteiger partial charge on any atom is 0.416 e. The number of nitrogens with two attached hydrogens (primary N) is 1. The number of methoxy groups -OCH3 is 1. The van der Waals surface area contributed by atoms with Crippen LogP contribution in [0.15, 0.2) is 41.2 Å². The van der Waals surface area contributed by atoms with E-state index in [0.717, 1.165) is 4.80 Å². The molecule has 0 spiro atoms. The lowest BCUT2D eigenvalue weighted by molar-refractivity contribution is -0.143. The molecule has 3 rings (SSSR count). The summed E-state index contributed by atoms with van der Waals surface area (Å²) >= 11 is 0. The van der Waals surface area contributed by atoms with E-state index in [4.69, 9.17) is 10.5 Å². The van der Waals surface area contributed by atoms with Gasteiger partial charge in [0.25, 0.3) is 0 Å². The quantitative estimate of drug-likeness (QED) is 0.505. The van der Waals surface area contributed by atoms with Gasteiger partial charge >= 0.3 is 18.0 Å². The number of nitrogens with zero attached hydrogens (tertiary/aromatic N) is 4. The molecule has 0 radical (unpaired) electrons. The molecule has 0 fully saturated rings. The predicted molar refractivity (Wildman–Crippen MR) is 92.1 cm³/mol. The van der Waals surface area contributed by atoms with Crippen molar-refractivity contribution in [1.29, 1.82) is 0 Å². The second-order valence-electron chi connectivity index (χ2n) is 6.15. The fourth-order valence-corrected chi connectivity index (χ4v) is 2.72. The number of hydrogen-bond acceptors (Lipinski definition) is 5. The lowest BCUT2D eigenvalue weighted by atomic mass is 10.1. The van der Waals surface area contributed by atoms with Crippen LogP contribution in [-0.2, 0) is 18.9 Å². The predicted octanol–water partition coefficient (Wildman–Crippen LogP) is 3.11. The molecule has 160 valence electrons. The highest BCUT2D eigenvalue weighted by Gasteiger charge is 2.37. The van der Waals surface area contributed by atoms with E-state index in [-0.39, 0.29) is 18.4 Å². The molecule has 0 bridgehead atoms. The van der Waals surface area contributed by atoms with Crippen LogP contribution in [-0.4, -0.2) is 26.9 Å². The second kappa shape index (κ2) is 7.39. The molecular formula is C17H13F6N5O2. The van der Waals surface area contributed by atoms with Crippen LogP contribution >= 0.6 is 0 Å². The fraction of sp³-hybridized carbons (Fsp3) is 0.235. The van der Waals surface area contributed by atoms with E-state index >= 15 is 0 Å². The lowest BCUT2D eigenvalue weighted by Crippen LogP contribution is -2.24. The first-order chi connectivity index (χ1) is 13.9. The minimum atomic E-state index is -5.07. The monoisotopic (exact) mass is 433 g/mol. The number of hydrogen-bond donors (Lipinski definition) is 1. The molecule has 1 aromatic heterocycles. The number of alkyl halides is 6. The first-order valence-corrected chi connectivity index (χ1v) is 8.15. The average molecular weight is 433 g/mol. The number of tetrazole rings is 1. The second-order valence-corrected chi connectivity index (χ2v) is 6.15. The SMILES string of the molecule is COc1cc(N)ccc1Cn1nnc(=O)n1-c1cc(C(F)(F)F)cc(C(F)(F)F)c1. The van der Waals surface area contributed by atoms with E-state index in [1.165, 1.54) is 25.3 Å². The molecule has 1 heterocycles. The molecule has 0 amide bonds. The summed E-state index contributed by atoms with van der Waals surface area (Å²) in [6.45, 7) is -0.240. The van der Waals surface area contributed by atoms with Crippen molar-refractivity contribution in [3.05, 3.63) is 63.6 Å². The van der Waals surface area contributed by atoms with Crippen molar-refractivity contribution in [3.63, 3.8) is 0 Å². The average Bonchev–Trinajstić information content (AvgIpc) is 3.01. The Labute approximate surface area is 164 Å². The third-order valence-electron chi connectivity index (χ3n) is 4.09. The van der Waals surface area contributed by atoms with Gasteiger partial charge in [-0.25, -0.2) is 4.79 Å². The van der Waals surface area contributed by atoms with Crippen molar-refractivity contribution in [1.82, 2.24) is 19.8 Å². The highest BCUT2D eigenvalue weighted by Crippen LogP contribution is 2.37. The number of halogens is 6. The zero-order valence-corrected chi connectivity index (χ0v) is 15.1. The molecule has 0 unspecified atom stereocenters. The number of benzene rings is 2. The molecule has 0 aliphatic rings. The van der Waals surface area contributed by atoms with Crippen molar-refractivity contribution in [2.75, 3.05) is 12.8 Å². The first kappa shape index (κ1) is 21.2. The van der Waals surface area contributed by atoms with E-state index in [2.05, 4.69) is 10.3 Å². The zero-order chi connectivity index (χ0) is 22.3. The molecular weight excluding hydrogens is 420 g/mol. The van der Waals surface area contributed by atoms with Gasteiger partial charge in [-0.15, -0.1) is 0 Å². The maximum absolute atomic E-state index is 13.1. The van der Waals surface area contributed by atoms with Crippen LogP contribution in [0.2, 0.25) is 0 Å². The van der Waals surface area contributed by atoms with Crippen LogP contribution in [0.1, 0.15) is 16.7 Å². The van der Waals surface area contributed by atoms with Gasteiger partial charge < -0.3 is 10.5 Å². The van der Waals surface area contributed by atoms with Gasteiger partial charge in [-0.3, -0.25) is 0 Å². The van der Waals surface area contributed by atoms with Crippen molar-refractivity contribution in [3.8, 4) is 11.4 Å². The molecule has 2 aromatic carbocycles. The third-order valence-corrected chi connectivity index (χ3v) is 4.09. The Balaban J connectivity index is 2.16. The summed E-state index contributed by atoms with van der Waals surface area (Å²) in [6, 6.07) is 5.26. The van der Waals surface area contributed by atoms with E-state index in [1.807, 2.05) is 0 Å². The summed E-state index contributed by atoms with van der Waals surface area (Å²) in [6.07, 6.45) is -10.1. The molecule has 2 N–H and O–H groups in total. The number of anilines is 1. The van der Waals surface area contributed by atoms with Gasteiger partial charge in [0.05, 0.1) is 30.5 Å². The highest BCUT2D eigenvalue weighted by molar-refractivity contribution is 5.48. The van der Waals surface area contributed by atoms with Gasteiger partial charge in [0.15, 0.2) is 0 Å². The number of ether oxygens (including phenoxy) is 1. The standard InChI is InChI=1S/C17H13F6N5O2/c1-30-14-7-12(24)3-2-9(14)8-27-26-25-15(29)28(27)13-5-10(16(18,19)20)4-11(6-13)17(21,22)23/h2-7H,8,24H2,1H3. The molecule has 0 aliphatic heterocycles. The van der Waals surface area contributed by atoms with Crippen molar-refractivity contribution >= 4 is 5.69 Å². The summed E-state index contributed by atoms with van der Waals surface area (Å²) in [5.41, 5.74) is 1.43. The molecule has 0 atom stereocenters. The largest absolute Gasteiger partial charge is 0.496 e. The minimum absolute atomic E-state index is 0.0360. The number of rotatable bonds is 4. The van der Waals surface area contributed by atoms with E-state index < -0.39 is 34.9 Å². The molecule has 0 aliphatic carbocycles. The Kier molecular flexibility index (Phi) is 5.22. The molecule has 30 heavy (non-hydrogen) atoms. The Morgan fingerprint density at radius 3 is 2.13 bits per heavy atom. The summed E-state index contributed by atoms with van der Waals surface area (Å²) in [5.74, 6) is 0.282. The van der Waals surface area contributed by atoms with Crippen LogP contribution in [0.25, 0.3) is 5.69 Å². The maximum atomic E-state index is 13.1. The number of nitrogen functional groups attached to an aromatic ring is 1. The molecule has 7 nitrogen and oxygen atoms in total. The van der Waals surface area contributed by atoms with Crippen LogP contribution in [0.4, 0.5) is 32.0 Å². The van der Waals surface area contributed by atoms with Gasteiger partial charge in [0.2, 0.25) is 0 Å². The zero-order valence-electron chi connectivity index (χ0n) is 15.1. The fourth-order valence-electron chi connectivity index (χ4n) is 2.72. The molecule has 3 aromatic rings. The van der Waals surface area contributed by atoms with Gasteiger partial charge in [0.1, 0.15) is 5.75 Å². The molecule has 0 saturated carbocycles. The Bertz CT molecular complexity index is 1100. The van der Waals surface area contributed by atoms with E-state index in [9.17, 15) is 31.1 Å². The Hall–Kier alpha value is -3.51. The van der Waals surface area contributed by atoms with Crippen LogP contribution in [0.5, 0.6) is 5.75 Å². The van der Waals surface area contributed by atoms with Crippen molar-refractivity contribution in [2.24, 2.45) is 0 Å². The molecule has 13 heteroatoms. The third kappa shape index (κ3) is 4.23. The van der Waals surface area contributed by atoms with Crippen LogP contribution < -0.4 is 16.2 Å². The van der Waals surface area contributed by atoms with Gasteiger partial charge in [-0.05, 0) is 29.5 Å². The smallest absolute Gasteiger partial charge is 0.416 e. The highest BCUT2D eigenvalue weighted by atomic mass is 19.4. The van der Waals surface area contributed by atoms with Gasteiger partial charge in [0, 0.05) is 17.3 Å². The van der Waals surface area contributed by atoms with Crippen LogP contribution in [0, 0.1) is 0 Å². The first-order valence-electron chi connectivity index (χ1n) is 8.15. The summed E-state index contributed by atoms with van der Waals surface area (Å²) in [4.78, 5) is 12.9. The lowest BCUT2D eigenvalue weighted by Gasteiger charge is -2.16. The summed E-state index contributed by atoms with van der Waals surface area (Å²) < 4.78 is 84.5. The summed E-state index contributed by atoms with van der Waals surface area (Å²) in [5, 5.41) is 6.77. The molecule has 0 saturated heterocycles. The minimum Gasteiger partial charge on any atom is -0.496 e. The summed E-state index contributed by atoms with van der Waals surface area (Å²) in [7, 11) is 1.34. The van der Waals surface area contributed by atoms with Gasteiger partial charge in [-0.1, -0.05) is 11.2 Å². The van der Waals surface area contributed by atoms with Gasteiger partial charge in [-0.2, -0.15) is 35.8 Å². The Morgan fingerprint density at radius 1 is 1.00 bits per heavy atom.